The molecule has 1 unspecified atom stereocenters. The van der Waals surface area contributed by atoms with Crippen LogP contribution in [0.15, 0.2) is 0 Å². The van der Waals surface area contributed by atoms with E-state index in [4.69, 9.17) is 16.3 Å². The normalized spacial score (nSPS) is 19.8. The van der Waals surface area contributed by atoms with Crippen molar-refractivity contribution in [3.63, 3.8) is 0 Å². The number of ether oxygens (including phenoxy) is 2. The Morgan fingerprint density at radius 3 is 2.61 bits per heavy atom. The van der Waals surface area contributed by atoms with Crippen LogP contribution in [0, 0.1) is 5.92 Å². The molecule has 0 aromatic rings. The zero-order valence-corrected chi connectivity index (χ0v) is 11.8. The lowest BCUT2D eigenvalue weighted by Gasteiger charge is -2.24. The second-order valence-corrected chi connectivity index (χ2v) is 5.63. The molecule has 0 aliphatic carbocycles. The lowest BCUT2D eigenvalue weighted by molar-refractivity contribution is -0.142. The van der Waals surface area contributed by atoms with E-state index in [0.717, 1.165) is 6.42 Å². The summed E-state index contributed by atoms with van der Waals surface area (Å²) in [7, 11) is 0. The minimum Gasteiger partial charge on any atom is -0.449 e. The van der Waals surface area contributed by atoms with E-state index in [1.807, 2.05) is 20.8 Å². The van der Waals surface area contributed by atoms with E-state index in [9.17, 15) is 9.59 Å². The minimum absolute atomic E-state index is 0.124. The van der Waals surface area contributed by atoms with Crippen LogP contribution in [0.4, 0.5) is 4.79 Å². The number of esters is 1. The predicted octanol–water partition coefficient (Wildman–Crippen LogP) is 2.37. The number of amides is 1. The van der Waals surface area contributed by atoms with E-state index < -0.39 is 5.60 Å². The van der Waals surface area contributed by atoms with Crippen molar-refractivity contribution in [2.45, 2.75) is 39.2 Å². The average molecular weight is 278 g/mol. The van der Waals surface area contributed by atoms with Gasteiger partial charge in [0, 0.05) is 13.1 Å². The topological polar surface area (TPSA) is 55.8 Å². The summed E-state index contributed by atoms with van der Waals surface area (Å²) >= 11 is 5.31. The maximum absolute atomic E-state index is 11.8. The number of hydrogen-bond acceptors (Lipinski definition) is 4. The van der Waals surface area contributed by atoms with Crippen LogP contribution in [-0.4, -0.2) is 41.7 Å². The van der Waals surface area contributed by atoms with Gasteiger partial charge in [-0.2, -0.15) is 0 Å². The van der Waals surface area contributed by atoms with Crippen molar-refractivity contribution < 1.29 is 19.1 Å². The second-order valence-electron chi connectivity index (χ2n) is 5.41. The third kappa shape index (κ3) is 5.12. The van der Waals surface area contributed by atoms with Crippen molar-refractivity contribution in [3.8, 4) is 0 Å². The number of halogens is 1. The Labute approximate surface area is 112 Å². The van der Waals surface area contributed by atoms with Crippen LogP contribution in [0.25, 0.3) is 0 Å². The highest BCUT2D eigenvalue weighted by Gasteiger charge is 2.31. The molecule has 0 bridgehead atoms. The number of alkyl halides is 1. The van der Waals surface area contributed by atoms with Crippen molar-refractivity contribution in [1.82, 2.24) is 4.90 Å². The number of likely N-dealkylation sites (tertiary alicyclic amines) is 1. The predicted molar refractivity (Wildman–Crippen MR) is 67.3 cm³/mol. The molecule has 0 radical (unpaired) electrons. The van der Waals surface area contributed by atoms with Crippen LogP contribution in [0.1, 0.15) is 33.6 Å². The molecule has 18 heavy (non-hydrogen) atoms. The summed E-state index contributed by atoms with van der Waals surface area (Å²) in [6.07, 6.45) is 0.763. The number of rotatable bonds is 3. The first-order valence-electron chi connectivity index (χ1n) is 6.01. The largest absolute Gasteiger partial charge is 0.449 e. The van der Waals surface area contributed by atoms with E-state index in [-0.39, 0.29) is 24.0 Å². The Kier molecular flexibility index (Phi) is 5.26. The Bertz CT molecular complexity index is 314. The average Bonchev–Trinajstić information content (AvgIpc) is 2.63. The van der Waals surface area contributed by atoms with Gasteiger partial charge in [-0.25, -0.2) is 4.79 Å². The molecule has 1 aliphatic rings. The molecule has 0 saturated carbocycles. The first-order valence-corrected chi connectivity index (χ1v) is 6.55. The molecule has 1 rings (SSSR count). The molecule has 1 aliphatic heterocycles. The Morgan fingerprint density at radius 1 is 1.39 bits per heavy atom. The molecule has 1 heterocycles. The van der Waals surface area contributed by atoms with E-state index in [1.54, 1.807) is 4.90 Å². The zero-order chi connectivity index (χ0) is 13.8. The fourth-order valence-corrected chi connectivity index (χ4v) is 1.97. The van der Waals surface area contributed by atoms with E-state index in [0.29, 0.717) is 19.5 Å². The van der Waals surface area contributed by atoms with Gasteiger partial charge in [-0.1, -0.05) is 11.6 Å². The molecule has 1 atom stereocenters. The van der Waals surface area contributed by atoms with Gasteiger partial charge < -0.3 is 14.4 Å². The second kappa shape index (κ2) is 6.27. The fourth-order valence-electron chi connectivity index (χ4n) is 1.85. The lowest BCUT2D eigenvalue weighted by atomic mass is 10.1. The van der Waals surface area contributed by atoms with Crippen molar-refractivity contribution in [1.29, 1.82) is 0 Å². The van der Waals surface area contributed by atoms with Gasteiger partial charge in [0.05, 0.1) is 6.42 Å². The molecular formula is C12H20ClNO4. The lowest BCUT2D eigenvalue weighted by Crippen LogP contribution is -2.35. The summed E-state index contributed by atoms with van der Waals surface area (Å²) in [6.45, 7) is 6.64. The molecule has 5 nitrogen and oxygen atoms in total. The van der Waals surface area contributed by atoms with Crippen molar-refractivity contribution in [2.75, 3.05) is 19.2 Å². The molecule has 1 fully saturated rings. The first kappa shape index (κ1) is 15.1. The summed E-state index contributed by atoms with van der Waals surface area (Å²) in [5, 5.41) is 0. The van der Waals surface area contributed by atoms with Gasteiger partial charge in [0.15, 0.2) is 6.07 Å². The monoisotopic (exact) mass is 277 g/mol. The molecule has 104 valence electrons. The maximum atomic E-state index is 11.8. The highest BCUT2D eigenvalue weighted by atomic mass is 35.5. The van der Waals surface area contributed by atoms with Crippen LogP contribution in [-0.2, 0) is 14.3 Å². The summed E-state index contributed by atoms with van der Waals surface area (Å²) in [5.41, 5.74) is -0.493. The van der Waals surface area contributed by atoms with Crippen LogP contribution >= 0.6 is 11.6 Å². The van der Waals surface area contributed by atoms with Gasteiger partial charge in [0.25, 0.3) is 0 Å². The molecule has 0 spiro atoms. The van der Waals surface area contributed by atoms with Crippen LogP contribution in [0.3, 0.4) is 0 Å². The summed E-state index contributed by atoms with van der Waals surface area (Å²) in [4.78, 5) is 24.7. The minimum atomic E-state index is -0.493. The van der Waals surface area contributed by atoms with Gasteiger partial charge in [0.1, 0.15) is 5.60 Å². The van der Waals surface area contributed by atoms with Crippen LogP contribution < -0.4 is 0 Å². The van der Waals surface area contributed by atoms with Gasteiger partial charge >= 0.3 is 12.1 Å². The van der Waals surface area contributed by atoms with E-state index in [1.165, 1.54) is 0 Å². The standard InChI is InChI=1S/C12H20ClNO4/c1-12(2,3)18-11(16)14-5-4-9(7-14)6-10(15)17-8-13/h9H,4-8H2,1-3H3. The van der Waals surface area contributed by atoms with Gasteiger partial charge in [-0.3, -0.25) is 4.79 Å². The Hall–Kier alpha value is -0.970. The molecule has 0 N–H and O–H groups in total. The number of hydrogen-bond donors (Lipinski definition) is 0. The third-order valence-corrected chi connectivity index (χ3v) is 2.72. The number of nitrogens with zero attached hydrogens (tertiary/aromatic N) is 1. The van der Waals surface area contributed by atoms with E-state index in [2.05, 4.69) is 4.74 Å². The third-order valence-electron chi connectivity index (χ3n) is 2.61. The Balaban J connectivity index is 2.37. The first-order chi connectivity index (χ1) is 8.31. The fraction of sp³-hybridized carbons (Fsp3) is 0.833. The molecule has 1 saturated heterocycles. The summed E-state index contributed by atoms with van der Waals surface area (Å²) in [6, 6.07) is -0.124. The smallest absolute Gasteiger partial charge is 0.410 e. The number of carbonyl (C=O) groups is 2. The summed E-state index contributed by atoms with van der Waals surface area (Å²) < 4.78 is 9.94. The molecule has 0 aromatic carbocycles. The summed E-state index contributed by atoms with van der Waals surface area (Å²) in [5.74, 6) is -0.186. The highest BCUT2D eigenvalue weighted by Crippen LogP contribution is 2.22. The molecular weight excluding hydrogens is 258 g/mol. The highest BCUT2D eigenvalue weighted by molar-refractivity contribution is 6.17. The van der Waals surface area contributed by atoms with Crippen LogP contribution in [0.2, 0.25) is 0 Å². The molecule has 1 amide bonds. The number of carbonyl (C=O) groups excluding carboxylic acids is 2. The maximum Gasteiger partial charge on any atom is 0.410 e. The molecule has 0 aromatic heterocycles. The van der Waals surface area contributed by atoms with Crippen molar-refractivity contribution in [2.24, 2.45) is 5.92 Å². The SMILES string of the molecule is CC(C)(C)OC(=O)N1CCC(CC(=O)OCCl)C1. The van der Waals surface area contributed by atoms with Gasteiger partial charge in [0.2, 0.25) is 0 Å². The quantitative estimate of drug-likeness (QED) is 0.587. The zero-order valence-electron chi connectivity index (χ0n) is 11.1. The van der Waals surface area contributed by atoms with E-state index >= 15 is 0 Å². The van der Waals surface area contributed by atoms with Crippen LogP contribution in [0.5, 0.6) is 0 Å². The Morgan fingerprint density at radius 2 is 2.06 bits per heavy atom. The molecule has 6 heteroatoms. The van der Waals surface area contributed by atoms with Crippen molar-refractivity contribution >= 4 is 23.7 Å². The van der Waals surface area contributed by atoms with Gasteiger partial charge in [-0.15, -0.1) is 0 Å². The van der Waals surface area contributed by atoms with Crippen molar-refractivity contribution in [3.05, 3.63) is 0 Å². The van der Waals surface area contributed by atoms with Gasteiger partial charge in [-0.05, 0) is 33.1 Å².